The van der Waals surface area contributed by atoms with Crippen LogP contribution in [0.25, 0.3) is 0 Å². The molecule has 0 spiro atoms. The molecule has 1 unspecified atom stereocenters. The summed E-state index contributed by atoms with van der Waals surface area (Å²) < 4.78 is 2.23. The maximum absolute atomic E-state index is 8.92. The van der Waals surface area contributed by atoms with Gasteiger partial charge in [0.15, 0.2) is 0 Å². The molecule has 0 bridgehead atoms. The molecule has 1 heterocycles. The minimum Gasteiger partial charge on any atom is -0.396 e. The minimum absolute atomic E-state index is 0.303. The van der Waals surface area contributed by atoms with Crippen molar-refractivity contribution in [3.8, 4) is 0 Å². The van der Waals surface area contributed by atoms with Crippen molar-refractivity contribution < 1.29 is 5.11 Å². The second-order valence-electron chi connectivity index (χ2n) is 5.06. The van der Waals surface area contributed by atoms with E-state index in [4.69, 9.17) is 5.11 Å². The molecule has 0 aliphatic heterocycles. The Hall–Kier alpha value is -0.800. The van der Waals surface area contributed by atoms with Gasteiger partial charge in [-0.15, -0.1) is 0 Å². The minimum atomic E-state index is 0.303. The summed E-state index contributed by atoms with van der Waals surface area (Å²) in [6, 6.07) is 2.25. The van der Waals surface area contributed by atoms with Gasteiger partial charge in [-0.25, -0.2) is 0 Å². The molecule has 98 valence electrons. The number of aryl methyl sites for hydroxylation is 1. The Bertz CT molecular complexity index is 344. The summed E-state index contributed by atoms with van der Waals surface area (Å²) in [6.45, 7) is 8.66. The lowest BCUT2D eigenvalue weighted by atomic mass is 10.1. The molecule has 0 saturated carbocycles. The predicted molar refractivity (Wildman–Crippen MR) is 72.1 cm³/mol. The van der Waals surface area contributed by atoms with Gasteiger partial charge in [-0.2, -0.15) is 0 Å². The maximum atomic E-state index is 8.92. The molecule has 1 aromatic rings. The molecule has 0 radical (unpaired) electrons. The third-order valence-corrected chi connectivity index (χ3v) is 3.56. The van der Waals surface area contributed by atoms with E-state index >= 15 is 0 Å². The molecule has 3 nitrogen and oxygen atoms in total. The zero-order valence-corrected chi connectivity index (χ0v) is 11.6. The van der Waals surface area contributed by atoms with Crippen LogP contribution < -0.4 is 5.32 Å². The van der Waals surface area contributed by atoms with Crippen LogP contribution in [0.3, 0.4) is 0 Å². The molecule has 0 saturated heterocycles. The van der Waals surface area contributed by atoms with Gasteiger partial charge in [0.05, 0.1) is 0 Å². The topological polar surface area (TPSA) is 37.2 Å². The van der Waals surface area contributed by atoms with Gasteiger partial charge < -0.3 is 15.0 Å². The van der Waals surface area contributed by atoms with Crippen LogP contribution in [0.5, 0.6) is 0 Å². The van der Waals surface area contributed by atoms with Crippen molar-refractivity contribution in [3.63, 3.8) is 0 Å². The molecular weight excluding hydrogens is 212 g/mol. The normalized spacial score (nSPS) is 13.0. The van der Waals surface area contributed by atoms with Gasteiger partial charge in [-0.05, 0) is 50.8 Å². The van der Waals surface area contributed by atoms with E-state index in [0.717, 1.165) is 25.9 Å². The average molecular weight is 238 g/mol. The van der Waals surface area contributed by atoms with Crippen molar-refractivity contribution in [1.82, 2.24) is 9.88 Å². The first-order valence-corrected chi connectivity index (χ1v) is 6.49. The Morgan fingerprint density at radius 2 is 2.12 bits per heavy atom. The number of nitrogens with one attached hydrogen (secondary N) is 1. The third-order valence-electron chi connectivity index (χ3n) is 3.56. The predicted octanol–water partition coefficient (Wildman–Crippen LogP) is 2.14. The highest BCUT2D eigenvalue weighted by molar-refractivity contribution is 5.26. The van der Waals surface area contributed by atoms with Gasteiger partial charge in [0.1, 0.15) is 0 Å². The summed E-state index contributed by atoms with van der Waals surface area (Å²) in [5, 5.41) is 12.4. The lowest BCUT2D eigenvalue weighted by Gasteiger charge is -2.08. The molecule has 1 atom stereocenters. The molecule has 0 amide bonds. The van der Waals surface area contributed by atoms with E-state index in [0.29, 0.717) is 12.5 Å². The maximum Gasteiger partial charge on any atom is 0.0456 e. The van der Waals surface area contributed by atoms with Crippen molar-refractivity contribution in [1.29, 1.82) is 0 Å². The number of aromatic nitrogens is 1. The fraction of sp³-hybridized carbons (Fsp3) is 0.714. The quantitative estimate of drug-likeness (QED) is 0.714. The number of hydrogen-bond acceptors (Lipinski definition) is 2. The number of aliphatic hydroxyl groups excluding tert-OH is 1. The van der Waals surface area contributed by atoms with Gasteiger partial charge in [-0.1, -0.05) is 6.92 Å². The van der Waals surface area contributed by atoms with Crippen molar-refractivity contribution in [2.75, 3.05) is 13.2 Å². The fourth-order valence-electron chi connectivity index (χ4n) is 2.00. The average Bonchev–Trinajstić information content (AvgIpc) is 2.56. The second-order valence-corrected chi connectivity index (χ2v) is 5.06. The number of hydrogen-bond donors (Lipinski definition) is 2. The zero-order chi connectivity index (χ0) is 12.8. The summed E-state index contributed by atoms with van der Waals surface area (Å²) in [4.78, 5) is 0. The Morgan fingerprint density at radius 3 is 2.65 bits per heavy atom. The summed E-state index contributed by atoms with van der Waals surface area (Å²) in [6.07, 6.45) is 2.23. The molecule has 0 aromatic carbocycles. The Kier molecular flexibility index (Phi) is 5.72. The first kappa shape index (κ1) is 14.3. The summed E-state index contributed by atoms with van der Waals surface area (Å²) >= 11 is 0. The highest BCUT2D eigenvalue weighted by Crippen LogP contribution is 2.12. The summed E-state index contributed by atoms with van der Waals surface area (Å²) in [7, 11) is 2.11. The first-order chi connectivity index (χ1) is 8.06. The molecule has 0 aliphatic rings. The van der Waals surface area contributed by atoms with Crippen LogP contribution in [0, 0.1) is 19.8 Å². The van der Waals surface area contributed by atoms with Crippen LogP contribution in [-0.2, 0) is 13.6 Å². The van der Waals surface area contributed by atoms with Crippen LogP contribution in [-0.4, -0.2) is 22.8 Å². The van der Waals surface area contributed by atoms with Crippen LogP contribution in [0.15, 0.2) is 6.07 Å². The number of nitrogens with zero attached hydrogens (tertiary/aromatic N) is 1. The lowest BCUT2D eigenvalue weighted by Crippen LogP contribution is -2.16. The van der Waals surface area contributed by atoms with Crippen molar-refractivity contribution in [2.45, 2.75) is 40.2 Å². The Morgan fingerprint density at radius 1 is 1.41 bits per heavy atom. The third kappa shape index (κ3) is 4.17. The Labute approximate surface area is 105 Å². The smallest absolute Gasteiger partial charge is 0.0456 e. The summed E-state index contributed by atoms with van der Waals surface area (Å²) in [5.74, 6) is 0.428. The van der Waals surface area contributed by atoms with E-state index < -0.39 is 0 Å². The van der Waals surface area contributed by atoms with Crippen molar-refractivity contribution >= 4 is 0 Å². The van der Waals surface area contributed by atoms with E-state index in [1.165, 1.54) is 17.0 Å². The summed E-state index contributed by atoms with van der Waals surface area (Å²) in [5.41, 5.74) is 4.05. The van der Waals surface area contributed by atoms with Crippen LogP contribution in [0.1, 0.15) is 36.7 Å². The highest BCUT2D eigenvalue weighted by atomic mass is 16.3. The largest absolute Gasteiger partial charge is 0.396 e. The lowest BCUT2D eigenvalue weighted by molar-refractivity contribution is 0.228. The van der Waals surface area contributed by atoms with Gasteiger partial charge in [0.2, 0.25) is 0 Å². The molecule has 1 rings (SSSR count). The molecule has 17 heavy (non-hydrogen) atoms. The van der Waals surface area contributed by atoms with E-state index in [1.54, 1.807) is 0 Å². The molecule has 1 aromatic heterocycles. The van der Waals surface area contributed by atoms with Gasteiger partial charge in [0.25, 0.3) is 0 Å². The van der Waals surface area contributed by atoms with E-state index in [-0.39, 0.29) is 0 Å². The van der Waals surface area contributed by atoms with Crippen LogP contribution in [0.2, 0.25) is 0 Å². The van der Waals surface area contributed by atoms with E-state index in [1.807, 2.05) is 0 Å². The molecule has 2 N–H and O–H groups in total. The zero-order valence-electron chi connectivity index (χ0n) is 11.6. The molecule has 3 heteroatoms. The second kappa shape index (κ2) is 6.82. The number of rotatable bonds is 7. The van der Waals surface area contributed by atoms with Crippen molar-refractivity contribution in [2.24, 2.45) is 13.0 Å². The van der Waals surface area contributed by atoms with E-state index in [2.05, 4.69) is 43.8 Å². The number of aliphatic hydroxyl groups is 1. The monoisotopic (exact) mass is 238 g/mol. The van der Waals surface area contributed by atoms with Crippen molar-refractivity contribution in [3.05, 3.63) is 23.0 Å². The first-order valence-electron chi connectivity index (χ1n) is 6.49. The van der Waals surface area contributed by atoms with Crippen LogP contribution in [0.4, 0.5) is 0 Å². The van der Waals surface area contributed by atoms with E-state index in [9.17, 15) is 0 Å². The van der Waals surface area contributed by atoms with Gasteiger partial charge in [0, 0.05) is 31.6 Å². The molecular formula is C14H26N2O. The standard InChI is InChI=1S/C14H26N2O/c1-11(10-17)6-5-7-15-9-14-8-12(2)16(4)13(14)3/h8,11,15,17H,5-7,9-10H2,1-4H3. The highest BCUT2D eigenvalue weighted by Gasteiger charge is 2.05. The molecule has 0 aliphatic carbocycles. The molecule has 0 fully saturated rings. The van der Waals surface area contributed by atoms with Gasteiger partial charge in [-0.3, -0.25) is 0 Å². The van der Waals surface area contributed by atoms with Crippen LogP contribution >= 0.6 is 0 Å². The fourth-order valence-corrected chi connectivity index (χ4v) is 2.00. The van der Waals surface area contributed by atoms with Gasteiger partial charge >= 0.3 is 0 Å². The Balaban J connectivity index is 2.25. The SMILES string of the molecule is Cc1cc(CNCCCC(C)CO)c(C)n1C.